The van der Waals surface area contributed by atoms with E-state index in [-0.39, 0.29) is 12.5 Å². The van der Waals surface area contributed by atoms with Crippen molar-refractivity contribution in [2.45, 2.75) is 6.92 Å². The molecule has 4 rings (SSSR count). The average Bonchev–Trinajstić information content (AvgIpc) is 3.24. The van der Waals surface area contributed by atoms with Gasteiger partial charge in [0.2, 0.25) is 5.95 Å². The Kier molecular flexibility index (Phi) is 5.69. The number of carbonyl (C=O) groups excluding carboxylic acids is 2. The van der Waals surface area contributed by atoms with Crippen molar-refractivity contribution in [1.82, 2.24) is 24.6 Å². The summed E-state index contributed by atoms with van der Waals surface area (Å²) in [7, 11) is 0. The van der Waals surface area contributed by atoms with E-state index in [2.05, 4.69) is 15.1 Å². The summed E-state index contributed by atoms with van der Waals surface area (Å²) in [5, 5.41) is 4.24. The summed E-state index contributed by atoms with van der Waals surface area (Å²) in [5.74, 6) is -0.0750. The van der Waals surface area contributed by atoms with Crippen molar-refractivity contribution in [2.24, 2.45) is 0 Å². The largest absolute Gasteiger partial charge is 0.452 e. The van der Waals surface area contributed by atoms with E-state index in [1.807, 2.05) is 17.9 Å². The van der Waals surface area contributed by atoms with E-state index in [9.17, 15) is 9.59 Å². The Morgan fingerprint density at radius 3 is 2.30 bits per heavy atom. The molecule has 0 unspecified atom stereocenters. The Labute approximate surface area is 173 Å². The average molecular weight is 406 g/mol. The molecule has 1 aliphatic heterocycles. The topological polar surface area (TPSA) is 93.5 Å². The van der Waals surface area contributed by atoms with Crippen molar-refractivity contribution in [3.05, 3.63) is 66.2 Å². The minimum Gasteiger partial charge on any atom is -0.452 e. The molecule has 0 bridgehead atoms. The first-order valence-electron chi connectivity index (χ1n) is 9.70. The number of hydrogen-bond donors (Lipinski definition) is 0. The van der Waals surface area contributed by atoms with Crippen LogP contribution < -0.4 is 4.90 Å². The lowest BCUT2D eigenvalue weighted by Crippen LogP contribution is -2.50. The van der Waals surface area contributed by atoms with Crippen LogP contribution in [-0.4, -0.2) is 69.3 Å². The fourth-order valence-corrected chi connectivity index (χ4v) is 3.29. The maximum atomic E-state index is 12.4. The lowest BCUT2D eigenvalue weighted by Gasteiger charge is -2.34. The zero-order valence-corrected chi connectivity index (χ0v) is 16.6. The molecule has 0 aliphatic carbocycles. The van der Waals surface area contributed by atoms with E-state index in [0.717, 1.165) is 11.4 Å². The SMILES string of the molecule is Cc1ccnn1-c1ccc(C(=O)OCC(=O)N2CCN(c3ncccn3)CC2)cc1. The monoisotopic (exact) mass is 406 g/mol. The summed E-state index contributed by atoms with van der Waals surface area (Å²) in [6.07, 6.45) is 5.11. The molecular formula is C21H22N6O3. The first-order valence-corrected chi connectivity index (χ1v) is 9.70. The van der Waals surface area contributed by atoms with E-state index in [0.29, 0.717) is 37.7 Å². The second-order valence-corrected chi connectivity index (χ2v) is 6.92. The Bertz CT molecular complexity index is 1010. The van der Waals surface area contributed by atoms with Gasteiger partial charge in [-0.3, -0.25) is 4.79 Å². The third-order valence-corrected chi connectivity index (χ3v) is 4.97. The third kappa shape index (κ3) is 4.29. The summed E-state index contributed by atoms with van der Waals surface area (Å²) >= 11 is 0. The number of carbonyl (C=O) groups is 2. The molecule has 3 aromatic rings. The third-order valence-electron chi connectivity index (χ3n) is 4.97. The summed E-state index contributed by atoms with van der Waals surface area (Å²) in [4.78, 5) is 36.9. The van der Waals surface area contributed by atoms with Gasteiger partial charge in [-0.1, -0.05) is 0 Å². The van der Waals surface area contributed by atoms with Gasteiger partial charge in [0.15, 0.2) is 6.61 Å². The molecule has 154 valence electrons. The highest BCUT2D eigenvalue weighted by Gasteiger charge is 2.23. The van der Waals surface area contributed by atoms with Gasteiger partial charge in [0.05, 0.1) is 11.3 Å². The van der Waals surface area contributed by atoms with Gasteiger partial charge in [-0.2, -0.15) is 5.10 Å². The van der Waals surface area contributed by atoms with Crippen molar-refractivity contribution in [3.8, 4) is 5.69 Å². The molecular weight excluding hydrogens is 384 g/mol. The van der Waals surface area contributed by atoms with Crippen molar-refractivity contribution < 1.29 is 14.3 Å². The molecule has 30 heavy (non-hydrogen) atoms. The van der Waals surface area contributed by atoms with Gasteiger partial charge in [0.25, 0.3) is 5.91 Å². The summed E-state index contributed by atoms with van der Waals surface area (Å²) in [6, 6.07) is 10.6. The predicted octanol–water partition coefficient (Wildman–Crippen LogP) is 1.48. The van der Waals surface area contributed by atoms with Crippen molar-refractivity contribution in [3.63, 3.8) is 0 Å². The first kappa shape index (κ1) is 19.6. The van der Waals surface area contributed by atoms with Crippen molar-refractivity contribution in [1.29, 1.82) is 0 Å². The molecule has 0 atom stereocenters. The predicted molar refractivity (Wildman–Crippen MR) is 109 cm³/mol. The van der Waals surface area contributed by atoms with E-state index in [4.69, 9.17) is 4.74 Å². The summed E-state index contributed by atoms with van der Waals surface area (Å²) in [5.41, 5.74) is 2.24. The van der Waals surface area contributed by atoms with Gasteiger partial charge in [-0.05, 0) is 43.3 Å². The highest BCUT2D eigenvalue weighted by molar-refractivity contribution is 5.91. The molecule has 2 aromatic heterocycles. The van der Waals surface area contributed by atoms with Gasteiger partial charge >= 0.3 is 5.97 Å². The van der Waals surface area contributed by atoms with Gasteiger partial charge in [0, 0.05) is 50.5 Å². The Morgan fingerprint density at radius 1 is 0.967 bits per heavy atom. The number of hydrogen-bond acceptors (Lipinski definition) is 7. The van der Waals surface area contributed by atoms with Crippen LogP contribution in [0.3, 0.4) is 0 Å². The molecule has 1 fully saturated rings. The number of benzene rings is 1. The van der Waals surface area contributed by atoms with Gasteiger partial charge < -0.3 is 14.5 Å². The fourth-order valence-electron chi connectivity index (χ4n) is 3.29. The molecule has 9 heteroatoms. The highest BCUT2D eigenvalue weighted by Crippen LogP contribution is 2.13. The number of ether oxygens (including phenoxy) is 1. The smallest absolute Gasteiger partial charge is 0.338 e. The number of anilines is 1. The maximum absolute atomic E-state index is 12.4. The lowest BCUT2D eigenvalue weighted by molar-refractivity contribution is -0.134. The Morgan fingerprint density at radius 2 is 1.67 bits per heavy atom. The molecule has 0 N–H and O–H groups in total. The minimum absolute atomic E-state index is 0.208. The Hall–Kier alpha value is -3.75. The normalized spacial score (nSPS) is 13.9. The molecule has 0 radical (unpaired) electrons. The number of nitrogens with zero attached hydrogens (tertiary/aromatic N) is 6. The lowest BCUT2D eigenvalue weighted by atomic mass is 10.2. The second-order valence-electron chi connectivity index (χ2n) is 6.92. The molecule has 1 aromatic carbocycles. The molecule has 9 nitrogen and oxygen atoms in total. The summed E-state index contributed by atoms with van der Waals surface area (Å²) < 4.78 is 6.99. The number of aryl methyl sites for hydroxylation is 1. The van der Waals surface area contributed by atoms with Crippen LogP contribution in [0.25, 0.3) is 5.69 Å². The van der Waals surface area contributed by atoms with Crippen molar-refractivity contribution >= 4 is 17.8 Å². The molecule has 0 spiro atoms. The first-order chi connectivity index (χ1) is 14.6. The number of piperazine rings is 1. The van der Waals surface area contributed by atoms with Crippen LogP contribution >= 0.6 is 0 Å². The second kappa shape index (κ2) is 8.73. The molecule has 0 saturated carbocycles. The standard InChI is InChI=1S/C21H22N6O3/c1-16-7-10-24-27(16)18-5-3-17(4-6-18)20(29)30-15-19(28)25-11-13-26(14-12-25)21-22-8-2-9-23-21/h2-10H,11-15H2,1H3. The van der Waals surface area contributed by atoms with Crippen LogP contribution in [0.15, 0.2) is 55.0 Å². The van der Waals surface area contributed by atoms with Crippen LogP contribution in [0.1, 0.15) is 16.1 Å². The minimum atomic E-state index is -0.525. The van der Waals surface area contributed by atoms with E-state index in [1.165, 1.54) is 0 Å². The van der Waals surface area contributed by atoms with E-state index in [1.54, 1.807) is 58.5 Å². The number of rotatable bonds is 5. The maximum Gasteiger partial charge on any atom is 0.338 e. The van der Waals surface area contributed by atoms with Crippen LogP contribution in [0.5, 0.6) is 0 Å². The van der Waals surface area contributed by atoms with Gasteiger partial charge in [0.1, 0.15) is 0 Å². The van der Waals surface area contributed by atoms with Gasteiger partial charge in [-0.15, -0.1) is 0 Å². The number of aromatic nitrogens is 4. The number of amides is 1. The highest BCUT2D eigenvalue weighted by atomic mass is 16.5. The van der Waals surface area contributed by atoms with Crippen LogP contribution in [0.4, 0.5) is 5.95 Å². The molecule has 1 saturated heterocycles. The van der Waals surface area contributed by atoms with Crippen molar-refractivity contribution in [2.75, 3.05) is 37.7 Å². The Balaban J connectivity index is 1.27. The molecule has 1 aliphatic rings. The quantitative estimate of drug-likeness (QED) is 0.593. The zero-order chi connectivity index (χ0) is 20.9. The van der Waals surface area contributed by atoms with Crippen LogP contribution in [0, 0.1) is 6.92 Å². The van der Waals surface area contributed by atoms with E-state index < -0.39 is 5.97 Å². The van der Waals surface area contributed by atoms with Crippen LogP contribution in [-0.2, 0) is 9.53 Å². The molecule has 3 heterocycles. The van der Waals surface area contributed by atoms with Gasteiger partial charge in [-0.25, -0.2) is 19.4 Å². The fraction of sp³-hybridized carbons (Fsp3) is 0.286. The summed E-state index contributed by atoms with van der Waals surface area (Å²) in [6.45, 7) is 4.02. The van der Waals surface area contributed by atoms with E-state index >= 15 is 0 Å². The zero-order valence-electron chi connectivity index (χ0n) is 16.6. The van der Waals surface area contributed by atoms with Crippen LogP contribution in [0.2, 0.25) is 0 Å². The number of esters is 1. The molecule has 1 amide bonds.